The molecule has 0 saturated heterocycles. The molecule has 0 aromatic heterocycles. The van der Waals surface area contributed by atoms with Gasteiger partial charge < -0.3 is 19.7 Å². The third-order valence-electron chi connectivity index (χ3n) is 4.51. The normalized spacial score (nSPS) is 35.1. The van der Waals surface area contributed by atoms with Crippen LogP contribution in [0.1, 0.15) is 12.8 Å². The number of carbonyl (C=O) groups excluding carboxylic acids is 1. The van der Waals surface area contributed by atoms with Crippen molar-refractivity contribution >= 4 is 11.8 Å². The molecule has 0 heterocycles. The summed E-state index contributed by atoms with van der Waals surface area (Å²) in [5, 5.41) is 19.8. The SMILES string of the molecule is COC[C@]12[C@H](O)C(OC)=CC(=O)[C@@H]1CC=C[C@H]2CC(=O)O. The monoisotopic (exact) mass is 296 g/mol. The van der Waals surface area contributed by atoms with Crippen molar-refractivity contribution in [1.29, 1.82) is 0 Å². The van der Waals surface area contributed by atoms with Crippen molar-refractivity contribution in [2.45, 2.75) is 18.9 Å². The zero-order valence-corrected chi connectivity index (χ0v) is 12.1. The third-order valence-corrected chi connectivity index (χ3v) is 4.51. The van der Waals surface area contributed by atoms with Gasteiger partial charge in [-0.05, 0) is 12.3 Å². The summed E-state index contributed by atoms with van der Waals surface area (Å²) in [5.41, 5.74) is -1.00. The van der Waals surface area contributed by atoms with E-state index >= 15 is 0 Å². The summed E-state index contributed by atoms with van der Waals surface area (Å²) in [7, 11) is 2.86. The minimum atomic E-state index is -1.07. The molecule has 0 aromatic carbocycles. The van der Waals surface area contributed by atoms with Gasteiger partial charge in [-0.1, -0.05) is 12.2 Å². The zero-order chi connectivity index (χ0) is 15.6. The summed E-state index contributed by atoms with van der Waals surface area (Å²) < 4.78 is 10.4. The Morgan fingerprint density at radius 2 is 2.19 bits per heavy atom. The lowest BCUT2D eigenvalue weighted by Gasteiger charge is -2.50. The molecule has 0 unspecified atom stereocenters. The van der Waals surface area contributed by atoms with Gasteiger partial charge in [0.05, 0.1) is 20.1 Å². The standard InChI is InChI=1S/C15H20O6/c1-20-8-15-9(6-13(17)18)4-3-5-10(15)11(16)7-12(21-2)14(15)19/h3-4,7,9-10,14,19H,5-6,8H2,1-2H3,(H,17,18)/t9-,10-,14+,15+/m0/s1. The van der Waals surface area contributed by atoms with E-state index in [0.29, 0.717) is 6.42 Å². The van der Waals surface area contributed by atoms with Gasteiger partial charge in [0.1, 0.15) is 11.9 Å². The molecule has 0 aliphatic heterocycles. The van der Waals surface area contributed by atoms with E-state index in [1.54, 1.807) is 6.08 Å². The minimum Gasteiger partial charge on any atom is -0.498 e. The quantitative estimate of drug-likeness (QED) is 0.728. The van der Waals surface area contributed by atoms with Crippen molar-refractivity contribution < 1.29 is 29.3 Å². The van der Waals surface area contributed by atoms with E-state index in [1.807, 2.05) is 6.08 Å². The molecule has 2 aliphatic carbocycles. The molecule has 4 atom stereocenters. The van der Waals surface area contributed by atoms with Gasteiger partial charge in [-0.15, -0.1) is 0 Å². The first kappa shape index (κ1) is 15.7. The number of ether oxygens (including phenoxy) is 2. The van der Waals surface area contributed by atoms with Crippen LogP contribution in [0.4, 0.5) is 0 Å². The molecular weight excluding hydrogens is 276 g/mol. The Bertz CT molecular complexity index is 494. The van der Waals surface area contributed by atoms with Crippen molar-refractivity contribution in [3.05, 3.63) is 24.0 Å². The van der Waals surface area contributed by atoms with Crippen LogP contribution in [0.25, 0.3) is 0 Å². The van der Waals surface area contributed by atoms with Crippen molar-refractivity contribution in [2.24, 2.45) is 17.3 Å². The first-order chi connectivity index (χ1) is 9.97. The van der Waals surface area contributed by atoms with E-state index in [9.17, 15) is 14.7 Å². The number of methoxy groups -OCH3 is 2. The summed E-state index contributed by atoms with van der Waals surface area (Å²) in [5.74, 6) is -1.96. The van der Waals surface area contributed by atoms with Crippen LogP contribution in [0.5, 0.6) is 0 Å². The van der Waals surface area contributed by atoms with E-state index in [4.69, 9.17) is 14.6 Å². The molecule has 2 rings (SSSR count). The molecule has 6 nitrogen and oxygen atoms in total. The van der Waals surface area contributed by atoms with Crippen LogP contribution in [-0.2, 0) is 19.1 Å². The van der Waals surface area contributed by atoms with Gasteiger partial charge in [-0.2, -0.15) is 0 Å². The third kappa shape index (κ3) is 2.49. The van der Waals surface area contributed by atoms with Crippen molar-refractivity contribution in [3.8, 4) is 0 Å². The van der Waals surface area contributed by atoms with Gasteiger partial charge in [0, 0.05) is 24.5 Å². The minimum absolute atomic E-state index is 0.0908. The van der Waals surface area contributed by atoms with Crippen LogP contribution in [-0.4, -0.2) is 48.9 Å². The van der Waals surface area contributed by atoms with E-state index in [0.717, 1.165) is 0 Å². The number of carboxylic acids is 1. The smallest absolute Gasteiger partial charge is 0.303 e. The fourth-order valence-corrected chi connectivity index (χ4v) is 3.55. The molecule has 0 bridgehead atoms. The Kier molecular flexibility index (Phi) is 4.49. The van der Waals surface area contributed by atoms with Gasteiger partial charge in [0.25, 0.3) is 0 Å². The van der Waals surface area contributed by atoms with Gasteiger partial charge in [-0.3, -0.25) is 9.59 Å². The maximum atomic E-state index is 12.4. The van der Waals surface area contributed by atoms with E-state index in [-0.39, 0.29) is 24.6 Å². The molecule has 0 radical (unpaired) electrons. The number of aliphatic hydroxyl groups is 1. The van der Waals surface area contributed by atoms with Crippen molar-refractivity contribution in [1.82, 2.24) is 0 Å². The van der Waals surface area contributed by atoms with Gasteiger partial charge in [0.15, 0.2) is 5.78 Å². The molecule has 0 spiro atoms. The van der Waals surface area contributed by atoms with Gasteiger partial charge >= 0.3 is 5.97 Å². The van der Waals surface area contributed by atoms with E-state index in [1.165, 1.54) is 20.3 Å². The Morgan fingerprint density at radius 1 is 1.48 bits per heavy atom. The highest BCUT2D eigenvalue weighted by Crippen LogP contribution is 2.51. The number of ketones is 1. The van der Waals surface area contributed by atoms with Crippen LogP contribution in [0.3, 0.4) is 0 Å². The Morgan fingerprint density at radius 3 is 2.76 bits per heavy atom. The largest absolute Gasteiger partial charge is 0.498 e. The summed E-state index contributed by atoms with van der Waals surface area (Å²) in [6.07, 6.45) is 4.10. The van der Waals surface area contributed by atoms with Crippen LogP contribution in [0, 0.1) is 17.3 Å². The number of hydrogen-bond acceptors (Lipinski definition) is 5. The fraction of sp³-hybridized carbons (Fsp3) is 0.600. The predicted octanol–water partition coefficient (Wildman–Crippen LogP) is 0.760. The maximum absolute atomic E-state index is 12.4. The highest BCUT2D eigenvalue weighted by atomic mass is 16.5. The molecule has 21 heavy (non-hydrogen) atoms. The van der Waals surface area contributed by atoms with Crippen LogP contribution in [0.15, 0.2) is 24.0 Å². The van der Waals surface area contributed by atoms with Crippen molar-refractivity contribution in [2.75, 3.05) is 20.8 Å². The lowest BCUT2D eigenvalue weighted by atomic mass is 9.55. The second kappa shape index (κ2) is 5.99. The second-order valence-electron chi connectivity index (χ2n) is 5.52. The van der Waals surface area contributed by atoms with Crippen LogP contribution < -0.4 is 0 Å². The Balaban J connectivity index is 2.53. The molecule has 6 heteroatoms. The lowest BCUT2D eigenvalue weighted by molar-refractivity contribution is -0.152. The van der Waals surface area contributed by atoms with Gasteiger partial charge in [0.2, 0.25) is 0 Å². The average Bonchev–Trinajstić information content (AvgIpc) is 2.44. The zero-order valence-electron chi connectivity index (χ0n) is 12.1. The first-order valence-corrected chi connectivity index (χ1v) is 6.82. The lowest BCUT2D eigenvalue weighted by Crippen LogP contribution is -2.57. The fourth-order valence-electron chi connectivity index (χ4n) is 3.55. The molecule has 0 aromatic rings. The molecule has 0 fully saturated rings. The van der Waals surface area contributed by atoms with E-state index in [2.05, 4.69) is 0 Å². The number of fused-ring (bicyclic) bond motifs is 1. The summed E-state index contributed by atoms with van der Waals surface area (Å²) in [6, 6.07) is 0. The molecule has 2 aliphatic rings. The maximum Gasteiger partial charge on any atom is 0.303 e. The van der Waals surface area contributed by atoms with Crippen molar-refractivity contribution in [3.63, 3.8) is 0 Å². The molecule has 2 N–H and O–H groups in total. The number of allylic oxidation sites excluding steroid dienone is 3. The number of rotatable bonds is 5. The predicted molar refractivity (Wildman–Crippen MR) is 73.4 cm³/mol. The Hall–Kier alpha value is -1.66. The summed E-state index contributed by atoms with van der Waals surface area (Å²) >= 11 is 0. The van der Waals surface area contributed by atoms with Gasteiger partial charge in [-0.25, -0.2) is 0 Å². The number of aliphatic hydroxyl groups excluding tert-OH is 1. The topological polar surface area (TPSA) is 93.1 Å². The molecule has 116 valence electrons. The number of aliphatic carboxylic acids is 1. The van der Waals surface area contributed by atoms with Crippen LogP contribution in [0.2, 0.25) is 0 Å². The van der Waals surface area contributed by atoms with Crippen LogP contribution >= 0.6 is 0 Å². The van der Waals surface area contributed by atoms with E-state index < -0.39 is 29.3 Å². The highest BCUT2D eigenvalue weighted by molar-refractivity contribution is 5.94. The number of carboxylic acid groups (broad SMARTS) is 1. The number of carbonyl (C=O) groups is 2. The summed E-state index contributed by atoms with van der Waals surface area (Å²) in [4.78, 5) is 23.5. The summed E-state index contributed by atoms with van der Waals surface area (Å²) in [6.45, 7) is 0.0908. The number of hydrogen-bond donors (Lipinski definition) is 2. The first-order valence-electron chi connectivity index (χ1n) is 6.82. The Labute approximate surface area is 123 Å². The molecule has 0 saturated carbocycles. The average molecular weight is 296 g/mol. The second-order valence-corrected chi connectivity index (χ2v) is 5.52. The molecular formula is C15H20O6. The molecule has 0 amide bonds. The highest BCUT2D eigenvalue weighted by Gasteiger charge is 2.57.